The van der Waals surface area contributed by atoms with E-state index < -0.39 is 5.97 Å². The normalized spacial score (nSPS) is 11.1. The van der Waals surface area contributed by atoms with E-state index in [-0.39, 0.29) is 28.3 Å². The summed E-state index contributed by atoms with van der Waals surface area (Å²) in [5.41, 5.74) is 1.86. The summed E-state index contributed by atoms with van der Waals surface area (Å²) in [6.07, 6.45) is 0. The van der Waals surface area contributed by atoms with Gasteiger partial charge in [-0.3, -0.25) is 9.59 Å². The van der Waals surface area contributed by atoms with Gasteiger partial charge >= 0.3 is 5.97 Å². The van der Waals surface area contributed by atoms with E-state index in [4.69, 9.17) is 0 Å². The van der Waals surface area contributed by atoms with E-state index in [0.717, 1.165) is 11.0 Å². The molecule has 36 heavy (non-hydrogen) atoms. The van der Waals surface area contributed by atoms with Gasteiger partial charge in [0.15, 0.2) is 16.4 Å². The van der Waals surface area contributed by atoms with Crippen molar-refractivity contribution in [1.82, 2.24) is 19.3 Å². The second-order valence-corrected chi connectivity index (χ2v) is 9.04. The number of aromatic carboxylic acids is 1. The number of carbonyl (C=O) groups excluding carboxylic acids is 1. The molecule has 0 aliphatic heterocycles. The van der Waals surface area contributed by atoms with Gasteiger partial charge in [0.05, 0.1) is 34.6 Å². The molecule has 0 fully saturated rings. The summed E-state index contributed by atoms with van der Waals surface area (Å²) in [7, 11) is 1.82. The summed E-state index contributed by atoms with van der Waals surface area (Å²) in [5, 5.41) is 22.3. The molecular weight excluding hydrogens is 478 g/mol. The summed E-state index contributed by atoms with van der Waals surface area (Å²) in [5.74, 6) is -0.771. The number of carboxylic acids is 1. The number of rotatable bonds is 7. The Morgan fingerprint density at radius 1 is 0.917 bits per heavy atom. The van der Waals surface area contributed by atoms with Gasteiger partial charge in [-0.25, -0.2) is 4.79 Å². The van der Waals surface area contributed by atoms with E-state index in [0.29, 0.717) is 28.3 Å². The second-order valence-electron chi connectivity index (χ2n) is 8.09. The van der Waals surface area contributed by atoms with Crippen LogP contribution in [0.3, 0.4) is 0 Å². The van der Waals surface area contributed by atoms with Crippen molar-refractivity contribution in [1.29, 1.82) is 0 Å². The molecule has 2 aromatic heterocycles. The predicted molar refractivity (Wildman–Crippen MR) is 139 cm³/mol. The first-order valence-electron chi connectivity index (χ1n) is 11.1. The van der Waals surface area contributed by atoms with E-state index in [1.807, 2.05) is 64.7 Å². The Labute approximate surface area is 209 Å². The van der Waals surface area contributed by atoms with Crippen LogP contribution in [-0.4, -0.2) is 42.1 Å². The molecule has 9 nitrogen and oxygen atoms in total. The lowest BCUT2D eigenvalue weighted by atomic mass is 10.1. The molecule has 0 radical (unpaired) electrons. The number of para-hydroxylation sites is 3. The van der Waals surface area contributed by atoms with Gasteiger partial charge in [-0.1, -0.05) is 48.2 Å². The zero-order valence-corrected chi connectivity index (χ0v) is 20.0. The SMILES string of the molecule is Cn1c(Cn2c3ccccc3c(=O)c3ccccc32)nnc1SCC(=O)Nc1ccccc1C(=O)O. The number of amides is 1. The highest BCUT2D eigenvalue weighted by Crippen LogP contribution is 2.22. The van der Waals surface area contributed by atoms with Crippen molar-refractivity contribution in [2.24, 2.45) is 7.05 Å². The molecule has 2 N–H and O–H groups in total. The third-order valence-electron chi connectivity index (χ3n) is 5.87. The van der Waals surface area contributed by atoms with Gasteiger partial charge in [0.25, 0.3) is 0 Å². The van der Waals surface area contributed by atoms with Crippen LogP contribution in [0.5, 0.6) is 0 Å². The Kier molecular flexibility index (Phi) is 6.26. The maximum Gasteiger partial charge on any atom is 0.337 e. The van der Waals surface area contributed by atoms with Crippen LogP contribution in [0.1, 0.15) is 16.2 Å². The zero-order valence-electron chi connectivity index (χ0n) is 19.2. The fraction of sp³-hybridized carbons (Fsp3) is 0.115. The topological polar surface area (TPSA) is 119 Å². The quantitative estimate of drug-likeness (QED) is 0.258. The number of carboxylic acid groups (broad SMARTS) is 1. The molecule has 0 spiro atoms. The number of carbonyl (C=O) groups is 2. The molecule has 0 saturated heterocycles. The molecule has 180 valence electrons. The largest absolute Gasteiger partial charge is 0.478 e. The van der Waals surface area contributed by atoms with Crippen molar-refractivity contribution < 1.29 is 14.7 Å². The summed E-state index contributed by atoms with van der Waals surface area (Å²) in [4.78, 5) is 36.8. The molecule has 1 amide bonds. The van der Waals surface area contributed by atoms with Crippen LogP contribution in [0, 0.1) is 0 Å². The Morgan fingerprint density at radius 3 is 2.19 bits per heavy atom. The lowest BCUT2D eigenvalue weighted by Crippen LogP contribution is -2.17. The third-order valence-corrected chi connectivity index (χ3v) is 6.89. The van der Waals surface area contributed by atoms with Crippen LogP contribution in [0.2, 0.25) is 0 Å². The average Bonchev–Trinajstić information content (AvgIpc) is 3.24. The summed E-state index contributed by atoms with van der Waals surface area (Å²) in [6, 6.07) is 21.2. The van der Waals surface area contributed by atoms with E-state index in [1.165, 1.54) is 17.8 Å². The molecule has 5 aromatic rings. The van der Waals surface area contributed by atoms with Gasteiger partial charge in [-0.2, -0.15) is 0 Å². The summed E-state index contributed by atoms with van der Waals surface area (Å²) >= 11 is 1.20. The van der Waals surface area contributed by atoms with E-state index >= 15 is 0 Å². The smallest absolute Gasteiger partial charge is 0.337 e. The van der Waals surface area contributed by atoms with Crippen molar-refractivity contribution in [3.8, 4) is 0 Å². The van der Waals surface area contributed by atoms with Gasteiger partial charge in [-0.15, -0.1) is 10.2 Å². The van der Waals surface area contributed by atoms with Gasteiger partial charge < -0.3 is 19.6 Å². The number of aromatic nitrogens is 4. The molecule has 2 heterocycles. The number of hydrogen-bond donors (Lipinski definition) is 2. The van der Waals surface area contributed by atoms with Crippen LogP contribution in [0.15, 0.2) is 82.7 Å². The lowest BCUT2D eigenvalue weighted by Gasteiger charge is -2.15. The number of fused-ring (bicyclic) bond motifs is 2. The minimum Gasteiger partial charge on any atom is -0.478 e. The number of nitrogens with zero attached hydrogens (tertiary/aromatic N) is 4. The van der Waals surface area contributed by atoms with Gasteiger partial charge in [0.2, 0.25) is 5.91 Å². The van der Waals surface area contributed by atoms with Crippen LogP contribution in [0.25, 0.3) is 21.8 Å². The Bertz CT molecular complexity index is 1630. The molecular formula is C26H21N5O4S. The van der Waals surface area contributed by atoms with Crippen LogP contribution in [0.4, 0.5) is 5.69 Å². The number of nitrogens with one attached hydrogen (secondary N) is 1. The highest BCUT2D eigenvalue weighted by Gasteiger charge is 2.17. The molecule has 0 aliphatic rings. The fourth-order valence-corrected chi connectivity index (χ4v) is 4.82. The monoisotopic (exact) mass is 499 g/mol. The van der Waals surface area contributed by atoms with E-state index in [1.54, 1.807) is 18.2 Å². The first kappa shape index (κ1) is 23.3. The first-order valence-corrected chi connectivity index (χ1v) is 12.1. The zero-order chi connectivity index (χ0) is 25.2. The number of hydrogen-bond acceptors (Lipinski definition) is 6. The summed E-state index contributed by atoms with van der Waals surface area (Å²) < 4.78 is 3.85. The first-order chi connectivity index (χ1) is 17.4. The third kappa shape index (κ3) is 4.34. The van der Waals surface area contributed by atoms with E-state index in [2.05, 4.69) is 15.5 Å². The lowest BCUT2D eigenvalue weighted by molar-refractivity contribution is -0.113. The average molecular weight is 500 g/mol. The minimum atomic E-state index is -1.11. The maximum absolute atomic E-state index is 13.0. The fourth-order valence-electron chi connectivity index (χ4n) is 4.09. The molecule has 0 aliphatic carbocycles. The Morgan fingerprint density at radius 2 is 1.53 bits per heavy atom. The molecule has 3 aromatic carbocycles. The molecule has 10 heteroatoms. The van der Waals surface area contributed by atoms with Crippen molar-refractivity contribution in [3.05, 3.63) is 94.4 Å². The van der Waals surface area contributed by atoms with Crippen molar-refractivity contribution in [2.75, 3.05) is 11.1 Å². The predicted octanol–water partition coefficient (Wildman–Crippen LogP) is 3.76. The van der Waals surface area contributed by atoms with Gasteiger partial charge in [-0.05, 0) is 36.4 Å². The van der Waals surface area contributed by atoms with Crippen molar-refractivity contribution >= 4 is 51.1 Å². The number of benzene rings is 3. The van der Waals surface area contributed by atoms with Gasteiger partial charge in [0.1, 0.15) is 0 Å². The second kappa shape index (κ2) is 9.67. The van der Waals surface area contributed by atoms with Gasteiger partial charge in [0, 0.05) is 17.8 Å². The number of thioether (sulfide) groups is 1. The highest BCUT2D eigenvalue weighted by molar-refractivity contribution is 7.99. The van der Waals surface area contributed by atoms with Crippen molar-refractivity contribution in [3.63, 3.8) is 0 Å². The summed E-state index contributed by atoms with van der Waals surface area (Å²) in [6.45, 7) is 0.379. The number of anilines is 1. The highest BCUT2D eigenvalue weighted by atomic mass is 32.2. The van der Waals surface area contributed by atoms with Crippen molar-refractivity contribution in [2.45, 2.75) is 11.7 Å². The molecule has 0 atom stereocenters. The van der Waals surface area contributed by atoms with E-state index in [9.17, 15) is 19.5 Å². The molecule has 0 unspecified atom stereocenters. The molecule has 0 bridgehead atoms. The standard InChI is InChI=1S/C26H21N5O4S/c1-30-22(14-31-20-12-6-3-9-17(20)24(33)18-10-4-7-13-21(18)31)28-29-26(30)36-15-23(32)27-19-11-5-2-8-16(19)25(34)35/h2-13H,14-15H2,1H3,(H,27,32)(H,34,35). The Hall–Kier alpha value is -4.44. The van der Waals surface area contributed by atoms with Crippen LogP contribution >= 0.6 is 11.8 Å². The Balaban J connectivity index is 1.38. The van der Waals surface area contributed by atoms with Crippen LogP contribution < -0.4 is 10.7 Å². The minimum absolute atomic E-state index is 0.0119. The van der Waals surface area contributed by atoms with Crippen LogP contribution in [-0.2, 0) is 18.4 Å². The molecule has 0 saturated carbocycles. The molecule has 5 rings (SSSR count). The maximum atomic E-state index is 13.0. The number of pyridine rings is 1.